The van der Waals surface area contributed by atoms with Crippen LogP contribution in [0.3, 0.4) is 0 Å². The van der Waals surface area contributed by atoms with Crippen LogP contribution in [0.2, 0.25) is 0 Å². The molecular weight excluding hydrogens is 354 g/mol. The maximum absolute atomic E-state index is 11.6. The predicted molar refractivity (Wildman–Crippen MR) is 111 cm³/mol. The van der Waals surface area contributed by atoms with Gasteiger partial charge < -0.3 is 20.3 Å². The van der Waals surface area contributed by atoms with Gasteiger partial charge in [0.1, 0.15) is 0 Å². The van der Waals surface area contributed by atoms with E-state index in [0.717, 1.165) is 51.5 Å². The maximum Gasteiger partial charge on any atom is 0.409 e. The highest BCUT2D eigenvalue weighted by Crippen LogP contribution is 2.19. The van der Waals surface area contributed by atoms with Crippen LogP contribution >= 0.6 is 0 Å². The molecule has 2 N–H and O–H groups in total. The van der Waals surface area contributed by atoms with Crippen molar-refractivity contribution in [3.63, 3.8) is 0 Å². The van der Waals surface area contributed by atoms with Crippen LogP contribution in [0.25, 0.3) is 0 Å². The zero-order chi connectivity index (χ0) is 19.8. The molecule has 1 amide bonds. The lowest BCUT2D eigenvalue weighted by molar-refractivity contribution is 0.111. The van der Waals surface area contributed by atoms with Crippen LogP contribution in [0.4, 0.5) is 4.79 Å². The van der Waals surface area contributed by atoms with E-state index in [2.05, 4.69) is 50.9 Å². The van der Waals surface area contributed by atoms with Crippen LogP contribution < -0.4 is 10.6 Å². The second-order valence-electron chi connectivity index (χ2n) is 7.58. The van der Waals surface area contributed by atoms with E-state index in [1.54, 1.807) is 4.90 Å². The SMILES string of the molecule is CN=C(NCC1CCCN1Cc1ccccc1)NC1CCN(C(=O)OC)CC1. The van der Waals surface area contributed by atoms with Crippen molar-refractivity contribution < 1.29 is 9.53 Å². The first-order chi connectivity index (χ1) is 13.7. The fourth-order valence-corrected chi connectivity index (χ4v) is 4.09. The monoisotopic (exact) mass is 387 g/mol. The largest absolute Gasteiger partial charge is 0.453 e. The number of carbonyl (C=O) groups excluding carboxylic acids is 1. The number of hydrogen-bond donors (Lipinski definition) is 2. The topological polar surface area (TPSA) is 69.2 Å². The molecule has 1 aromatic carbocycles. The van der Waals surface area contributed by atoms with Crippen LogP contribution in [-0.4, -0.2) is 74.3 Å². The Labute approximate surface area is 168 Å². The second kappa shape index (κ2) is 10.3. The van der Waals surface area contributed by atoms with Crippen molar-refractivity contribution in [1.29, 1.82) is 0 Å². The summed E-state index contributed by atoms with van der Waals surface area (Å²) < 4.78 is 4.80. The minimum Gasteiger partial charge on any atom is -0.453 e. The highest BCUT2D eigenvalue weighted by Gasteiger charge is 2.26. The van der Waals surface area contributed by atoms with E-state index < -0.39 is 0 Å². The average molecular weight is 388 g/mol. The number of piperidine rings is 1. The van der Waals surface area contributed by atoms with E-state index in [4.69, 9.17) is 4.74 Å². The van der Waals surface area contributed by atoms with E-state index >= 15 is 0 Å². The molecule has 1 atom stereocenters. The first kappa shape index (κ1) is 20.5. The van der Waals surface area contributed by atoms with E-state index in [0.29, 0.717) is 12.1 Å². The summed E-state index contributed by atoms with van der Waals surface area (Å²) in [7, 11) is 3.25. The van der Waals surface area contributed by atoms with Gasteiger partial charge in [0, 0.05) is 45.3 Å². The molecule has 2 aliphatic heterocycles. The van der Waals surface area contributed by atoms with E-state index in [9.17, 15) is 4.79 Å². The van der Waals surface area contributed by atoms with Crippen LogP contribution in [0.15, 0.2) is 35.3 Å². The molecular formula is C21H33N5O2. The number of ether oxygens (including phenoxy) is 1. The summed E-state index contributed by atoms with van der Waals surface area (Å²) in [6, 6.07) is 11.5. The van der Waals surface area contributed by atoms with Crippen molar-refractivity contribution in [2.75, 3.05) is 40.3 Å². The normalized spacial score (nSPS) is 21.6. The van der Waals surface area contributed by atoms with Crippen LogP contribution in [0.5, 0.6) is 0 Å². The van der Waals surface area contributed by atoms with Gasteiger partial charge in [-0.25, -0.2) is 4.79 Å². The molecule has 1 unspecified atom stereocenters. The van der Waals surface area contributed by atoms with Crippen LogP contribution in [-0.2, 0) is 11.3 Å². The molecule has 7 heteroatoms. The first-order valence-electron chi connectivity index (χ1n) is 10.3. The highest BCUT2D eigenvalue weighted by atomic mass is 16.5. The Balaban J connectivity index is 1.43. The van der Waals surface area contributed by atoms with Crippen molar-refractivity contribution in [2.24, 2.45) is 4.99 Å². The number of nitrogens with one attached hydrogen (secondary N) is 2. The molecule has 28 heavy (non-hydrogen) atoms. The van der Waals surface area contributed by atoms with Gasteiger partial charge >= 0.3 is 6.09 Å². The third-order valence-corrected chi connectivity index (χ3v) is 5.72. The quantitative estimate of drug-likeness (QED) is 0.598. The zero-order valence-electron chi connectivity index (χ0n) is 17.1. The van der Waals surface area contributed by atoms with Gasteiger partial charge in [-0.1, -0.05) is 30.3 Å². The van der Waals surface area contributed by atoms with Gasteiger partial charge in [0.2, 0.25) is 0 Å². The number of likely N-dealkylation sites (tertiary alicyclic amines) is 2. The van der Waals surface area contributed by atoms with Crippen molar-refractivity contribution in [3.05, 3.63) is 35.9 Å². The molecule has 2 heterocycles. The number of methoxy groups -OCH3 is 1. The lowest BCUT2D eigenvalue weighted by Gasteiger charge is -2.32. The maximum atomic E-state index is 11.6. The first-order valence-corrected chi connectivity index (χ1v) is 10.3. The fourth-order valence-electron chi connectivity index (χ4n) is 4.09. The number of nitrogens with zero attached hydrogens (tertiary/aromatic N) is 3. The number of benzene rings is 1. The van der Waals surface area contributed by atoms with Crippen molar-refractivity contribution in [1.82, 2.24) is 20.4 Å². The van der Waals surface area contributed by atoms with Crippen LogP contribution in [0, 0.1) is 0 Å². The summed E-state index contributed by atoms with van der Waals surface area (Å²) in [5, 5.41) is 7.02. The zero-order valence-corrected chi connectivity index (χ0v) is 17.1. The standard InChI is InChI=1S/C21H33N5O2/c1-22-20(24-18-10-13-25(14-11-18)21(27)28-2)23-15-19-9-6-12-26(19)16-17-7-4-3-5-8-17/h3-5,7-8,18-19H,6,9-16H2,1-2H3,(H2,22,23,24). The lowest BCUT2D eigenvalue weighted by Crippen LogP contribution is -2.51. The Morgan fingerprint density at radius 3 is 2.61 bits per heavy atom. The summed E-state index contributed by atoms with van der Waals surface area (Å²) in [6.45, 7) is 4.49. The smallest absolute Gasteiger partial charge is 0.409 e. The summed E-state index contributed by atoms with van der Waals surface area (Å²) >= 11 is 0. The van der Waals surface area contributed by atoms with Crippen molar-refractivity contribution in [3.8, 4) is 0 Å². The molecule has 0 aromatic heterocycles. The molecule has 0 bridgehead atoms. The molecule has 1 aromatic rings. The van der Waals surface area contributed by atoms with Gasteiger partial charge in [0.15, 0.2) is 5.96 Å². The third kappa shape index (κ3) is 5.61. The molecule has 154 valence electrons. The number of aliphatic imine (C=N–C) groups is 1. The summed E-state index contributed by atoms with van der Waals surface area (Å²) in [6.07, 6.45) is 4.03. The van der Waals surface area contributed by atoms with E-state index in [-0.39, 0.29) is 6.09 Å². The summed E-state index contributed by atoms with van der Waals surface area (Å²) in [5.74, 6) is 0.850. The molecule has 7 nitrogen and oxygen atoms in total. The molecule has 0 saturated carbocycles. The second-order valence-corrected chi connectivity index (χ2v) is 7.58. The molecule has 0 aliphatic carbocycles. The highest BCUT2D eigenvalue weighted by molar-refractivity contribution is 5.80. The van der Waals surface area contributed by atoms with Gasteiger partial charge in [0.25, 0.3) is 0 Å². The van der Waals surface area contributed by atoms with Gasteiger partial charge in [-0.2, -0.15) is 0 Å². The Morgan fingerprint density at radius 1 is 1.18 bits per heavy atom. The molecule has 0 spiro atoms. The van der Waals surface area contributed by atoms with Crippen molar-refractivity contribution in [2.45, 2.75) is 44.3 Å². The number of hydrogen-bond acceptors (Lipinski definition) is 4. The Morgan fingerprint density at radius 2 is 1.93 bits per heavy atom. The number of rotatable bonds is 5. The number of carbonyl (C=O) groups is 1. The van der Waals surface area contributed by atoms with Crippen LogP contribution in [0.1, 0.15) is 31.2 Å². The molecule has 2 aliphatic rings. The van der Waals surface area contributed by atoms with Gasteiger partial charge in [-0.15, -0.1) is 0 Å². The van der Waals surface area contributed by atoms with Gasteiger partial charge in [-0.3, -0.25) is 9.89 Å². The molecule has 0 radical (unpaired) electrons. The van der Waals surface area contributed by atoms with Gasteiger partial charge in [0.05, 0.1) is 7.11 Å². The Hall–Kier alpha value is -2.28. The van der Waals surface area contributed by atoms with Crippen molar-refractivity contribution >= 4 is 12.1 Å². The molecule has 2 saturated heterocycles. The fraction of sp³-hybridized carbons (Fsp3) is 0.619. The van der Waals surface area contributed by atoms with E-state index in [1.807, 2.05) is 7.05 Å². The Kier molecular flexibility index (Phi) is 7.54. The molecule has 3 rings (SSSR count). The summed E-state index contributed by atoms with van der Waals surface area (Å²) in [5.41, 5.74) is 1.37. The lowest BCUT2D eigenvalue weighted by atomic mass is 10.1. The predicted octanol–water partition coefficient (Wildman–Crippen LogP) is 2.05. The number of amides is 1. The molecule has 2 fully saturated rings. The average Bonchev–Trinajstić information content (AvgIpc) is 3.18. The third-order valence-electron chi connectivity index (χ3n) is 5.72. The van der Waals surface area contributed by atoms with E-state index in [1.165, 1.54) is 25.5 Å². The van der Waals surface area contributed by atoms with Gasteiger partial charge in [-0.05, 0) is 37.8 Å². The minimum absolute atomic E-state index is 0.235. The Bertz CT molecular complexity index is 643. The number of guanidine groups is 1. The minimum atomic E-state index is -0.235. The summed E-state index contributed by atoms with van der Waals surface area (Å²) in [4.78, 5) is 20.3.